The lowest BCUT2D eigenvalue weighted by molar-refractivity contribution is -0.149. The maximum Gasteiger partial charge on any atom is 0.323 e. The van der Waals surface area contributed by atoms with Gasteiger partial charge in [0.15, 0.2) is 0 Å². The van der Waals surface area contributed by atoms with Crippen LogP contribution in [0.2, 0.25) is 0 Å². The van der Waals surface area contributed by atoms with Crippen molar-refractivity contribution in [3.8, 4) is 0 Å². The van der Waals surface area contributed by atoms with Gasteiger partial charge >= 0.3 is 5.97 Å². The Morgan fingerprint density at radius 3 is 2.44 bits per heavy atom. The molecule has 5 heteroatoms. The van der Waals surface area contributed by atoms with E-state index in [0.29, 0.717) is 18.9 Å². The molecule has 0 unspecified atom stereocenters. The van der Waals surface area contributed by atoms with Crippen LogP contribution in [0.5, 0.6) is 0 Å². The molecule has 1 amide bonds. The van der Waals surface area contributed by atoms with Crippen LogP contribution in [0.1, 0.15) is 32.1 Å². The van der Waals surface area contributed by atoms with E-state index in [0.717, 1.165) is 19.3 Å². The Labute approximate surface area is 94.8 Å². The van der Waals surface area contributed by atoms with Crippen LogP contribution in [0.15, 0.2) is 0 Å². The molecule has 0 atom stereocenters. The number of rotatable bonds is 5. The Bertz CT molecular complexity index is 308. The second-order valence-electron chi connectivity index (χ2n) is 4.83. The smallest absolute Gasteiger partial charge is 0.323 e. The van der Waals surface area contributed by atoms with E-state index in [2.05, 4.69) is 5.32 Å². The van der Waals surface area contributed by atoms with Crippen molar-refractivity contribution in [3.63, 3.8) is 0 Å². The Hall–Kier alpha value is -1.10. The van der Waals surface area contributed by atoms with Crippen LogP contribution in [0.4, 0.5) is 0 Å². The summed E-state index contributed by atoms with van der Waals surface area (Å²) in [6, 6.07) is 0.386. The average Bonchev–Trinajstić information content (AvgIpc) is 2.97. The second-order valence-corrected chi connectivity index (χ2v) is 4.83. The molecule has 5 nitrogen and oxygen atoms in total. The number of nitrogens with zero attached hydrogens (tertiary/aromatic N) is 1. The summed E-state index contributed by atoms with van der Waals surface area (Å²) in [7, 11) is 1.79. The number of carbonyl (C=O) groups excluding carboxylic acids is 1. The topological polar surface area (TPSA) is 69.6 Å². The van der Waals surface area contributed by atoms with Crippen LogP contribution in [-0.4, -0.2) is 47.1 Å². The van der Waals surface area contributed by atoms with Gasteiger partial charge in [-0.2, -0.15) is 0 Å². The highest BCUT2D eigenvalue weighted by Gasteiger charge is 2.44. The predicted octanol–water partition coefficient (Wildman–Crippen LogP) is 0.204. The van der Waals surface area contributed by atoms with Crippen LogP contribution in [0.3, 0.4) is 0 Å². The lowest BCUT2D eigenvalue weighted by Gasteiger charge is -2.38. The molecule has 0 spiro atoms. The molecule has 2 rings (SSSR count). The van der Waals surface area contributed by atoms with E-state index in [1.165, 1.54) is 0 Å². The third-order valence-electron chi connectivity index (χ3n) is 3.68. The Balaban J connectivity index is 1.81. The molecule has 16 heavy (non-hydrogen) atoms. The first-order chi connectivity index (χ1) is 7.55. The first-order valence-corrected chi connectivity index (χ1v) is 5.79. The monoisotopic (exact) mass is 226 g/mol. The normalized spacial score (nSPS) is 22.3. The average molecular weight is 226 g/mol. The molecule has 0 aromatic carbocycles. The SMILES string of the molecule is CN(C(=O)CNC1(C(=O)O)CCC1)C1CC1. The van der Waals surface area contributed by atoms with Crippen LogP contribution < -0.4 is 5.32 Å². The number of carboxylic acid groups (broad SMARTS) is 1. The van der Waals surface area contributed by atoms with Crippen molar-refractivity contribution in [1.29, 1.82) is 0 Å². The molecule has 2 aliphatic carbocycles. The molecule has 90 valence electrons. The first kappa shape index (κ1) is 11.4. The van der Waals surface area contributed by atoms with Crippen molar-refractivity contribution in [3.05, 3.63) is 0 Å². The van der Waals surface area contributed by atoms with Gasteiger partial charge in [-0.3, -0.25) is 14.9 Å². The lowest BCUT2D eigenvalue weighted by atomic mass is 9.77. The van der Waals surface area contributed by atoms with Gasteiger partial charge in [-0.1, -0.05) is 0 Å². The van der Waals surface area contributed by atoms with E-state index < -0.39 is 11.5 Å². The van der Waals surface area contributed by atoms with Gasteiger partial charge in [0.25, 0.3) is 0 Å². The van der Waals surface area contributed by atoms with Crippen molar-refractivity contribution in [2.75, 3.05) is 13.6 Å². The number of nitrogens with one attached hydrogen (secondary N) is 1. The molecule has 0 aromatic rings. The third kappa shape index (κ3) is 2.04. The van der Waals surface area contributed by atoms with Crippen molar-refractivity contribution in [2.45, 2.75) is 43.7 Å². The Morgan fingerprint density at radius 2 is 2.06 bits per heavy atom. The highest BCUT2D eigenvalue weighted by molar-refractivity contribution is 5.83. The largest absolute Gasteiger partial charge is 0.480 e. The van der Waals surface area contributed by atoms with Gasteiger partial charge in [0.2, 0.25) is 5.91 Å². The maximum absolute atomic E-state index is 11.7. The van der Waals surface area contributed by atoms with E-state index in [1.54, 1.807) is 11.9 Å². The molecular formula is C11H18N2O3. The minimum atomic E-state index is -0.833. The molecule has 0 saturated heterocycles. The molecule has 0 bridgehead atoms. The zero-order valence-corrected chi connectivity index (χ0v) is 9.53. The number of carbonyl (C=O) groups is 2. The Kier molecular flexibility index (Phi) is 2.88. The highest BCUT2D eigenvalue weighted by Crippen LogP contribution is 2.32. The molecule has 0 radical (unpaired) electrons. The second kappa shape index (κ2) is 4.05. The lowest BCUT2D eigenvalue weighted by Crippen LogP contribution is -2.59. The summed E-state index contributed by atoms with van der Waals surface area (Å²) in [5.41, 5.74) is -0.833. The van der Waals surface area contributed by atoms with Gasteiger partial charge in [0, 0.05) is 13.1 Å². The van der Waals surface area contributed by atoms with Crippen molar-refractivity contribution in [1.82, 2.24) is 10.2 Å². The summed E-state index contributed by atoms with van der Waals surface area (Å²) >= 11 is 0. The molecule has 2 aliphatic rings. The first-order valence-electron chi connectivity index (χ1n) is 5.79. The van der Waals surface area contributed by atoms with Crippen LogP contribution in [0.25, 0.3) is 0 Å². The summed E-state index contributed by atoms with van der Waals surface area (Å²) in [4.78, 5) is 24.5. The fourth-order valence-corrected chi connectivity index (χ4v) is 2.03. The molecule has 0 aliphatic heterocycles. The van der Waals surface area contributed by atoms with E-state index in [1.807, 2.05) is 0 Å². The molecule has 0 heterocycles. The number of hydrogen-bond acceptors (Lipinski definition) is 3. The molecule has 2 N–H and O–H groups in total. The number of carboxylic acids is 1. The van der Waals surface area contributed by atoms with Gasteiger partial charge in [-0.15, -0.1) is 0 Å². The number of aliphatic carboxylic acids is 1. The van der Waals surface area contributed by atoms with Gasteiger partial charge in [0.1, 0.15) is 5.54 Å². The fraction of sp³-hybridized carbons (Fsp3) is 0.818. The Morgan fingerprint density at radius 1 is 1.44 bits per heavy atom. The fourth-order valence-electron chi connectivity index (χ4n) is 2.03. The summed E-state index contributed by atoms with van der Waals surface area (Å²) in [5, 5.41) is 12.0. The van der Waals surface area contributed by atoms with Crippen LogP contribution >= 0.6 is 0 Å². The summed E-state index contributed by atoms with van der Waals surface area (Å²) in [6.45, 7) is 0.138. The van der Waals surface area contributed by atoms with Crippen LogP contribution in [0, 0.1) is 0 Å². The van der Waals surface area contributed by atoms with Gasteiger partial charge < -0.3 is 10.0 Å². The molecule has 0 aromatic heterocycles. The van der Waals surface area contributed by atoms with E-state index >= 15 is 0 Å². The van der Waals surface area contributed by atoms with Crippen molar-refractivity contribution >= 4 is 11.9 Å². The minimum Gasteiger partial charge on any atom is -0.480 e. The van der Waals surface area contributed by atoms with Gasteiger partial charge in [-0.25, -0.2) is 0 Å². The van der Waals surface area contributed by atoms with Crippen molar-refractivity contribution in [2.24, 2.45) is 0 Å². The number of likely N-dealkylation sites (N-methyl/N-ethyl adjacent to an activating group) is 1. The standard InChI is InChI=1S/C11H18N2O3/c1-13(8-3-4-8)9(14)7-12-11(10(15)16)5-2-6-11/h8,12H,2-7H2,1H3,(H,15,16). The van der Waals surface area contributed by atoms with Gasteiger partial charge in [0.05, 0.1) is 6.54 Å². The molecule has 2 fully saturated rings. The van der Waals surface area contributed by atoms with E-state index in [4.69, 9.17) is 5.11 Å². The quantitative estimate of drug-likeness (QED) is 0.703. The van der Waals surface area contributed by atoms with E-state index in [9.17, 15) is 9.59 Å². The molecular weight excluding hydrogens is 208 g/mol. The molecule has 2 saturated carbocycles. The van der Waals surface area contributed by atoms with Crippen molar-refractivity contribution < 1.29 is 14.7 Å². The maximum atomic E-state index is 11.7. The van der Waals surface area contributed by atoms with E-state index in [-0.39, 0.29) is 12.5 Å². The summed E-state index contributed by atoms with van der Waals surface area (Å²) in [5.74, 6) is -0.837. The highest BCUT2D eigenvalue weighted by atomic mass is 16.4. The van der Waals surface area contributed by atoms with Gasteiger partial charge in [-0.05, 0) is 32.1 Å². The summed E-state index contributed by atoms with van der Waals surface area (Å²) in [6.07, 6.45) is 4.33. The minimum absolute atomic E-state index is 0.00461. The third-order valence-corrected chi connectivity index (χ3v) is 3.68. The predicted molar refractivity (Wildman–Crippen MR) is 58.0 cm³/mol. The number of hydrogen-bond donors (Lipinski definition) is 2. The number of amides is 1. The summed E-state index contributed by atoms with van der Waals surface area (Å²) < 4.78 is 0. The zero-order chi connectivity index (χ0) is 11.8. The zero-order valence-electron chi connectivity index (χ0n) is 9.53. The van der Waals surface area contributed by atoms with Crippen LogP contribution in [-0.2, 0) is 9.59 Å².